The molecule has 0 aromatic carbocycles. The Morgan fingerprint density at radius 3 is 2.27 bits per heavy atom. The van der Waals surface area contributed by atoms with Gasteiger partial charge in [-0.25, -0.2) is 10.7 Å². The second kappa shape index (κ2) is 4.04. The fourth-order valence-electron chi connectivity index (χ4n) is 1.00. The van der Waals surface area contributed by atoms with Crippen LogP contribution in [-0.4, -0.2) is 17.2 Å². The van der Waals surface area contributed by atoms with Crippen molar-refractivity contribution in [2.24, 2.45) is 5.90 Å². The third-order valence-corrected chi connectivity index (χ3v) is 1.70. The monoisotopic (exact) mass is 213 g/mol. The van der Waals surface area contributed by atoms with Crippen molar-refractivity contribution in [2.45, 2.75) is 32.0 Å². The lowest BCUT2D eigenvalue weighted by atomic mass is 10.0. The van der Waals surface area contributed by atoms with Crippen molar-refractivity contribution in [2.75, 3.05) is 0 Å². The van der Waals surface area contributed by atoms with Crippen LogP contribution in [0.3, 0.4) is 0 Å². The SMILES string of the molecule is CC(C)(C)OC(=O)C1(ON)C=COC=C1. The molecule has 0 radical (unpaired) electrons. The molecule has 1 aliphatic rings. The maximum atomic E-state index is 11.8. The van der Waals surface area contributed by atoms with Gasteiger partial charge in [0.05, 0.1) is 12.5 Å². The minimum Gasteiger partial charge on any atom is -0.473 e. The van der Waals surface area contributed by atoms with Gasteiger partial charge in [0.1, 0.15) is 5.60 Å². The summed E-state index contributed by atoms with van der Waals surface area (Å²) in [5.41, 5.74) is -1.98. The van der Waals surface area contributed by atoms with Crippen molar-refractivity contribution in [3.8, 4) is 0 Å². The molecule has 0 atom stereocenters. The van der Waals surface area contributed by atoms with E-state index in [2.05, 4.69) is 4.84 Å². The van der Waals surface area contributed by atoms with Gasteiger partial charge in [-0.3, -0.25) is 4.84 Å². The van der Waals surface area contributed by atoms with Crippen molar-refractivity contribution in [1.29, 1.82) is 0 Å². The van der Waals surface area contributed by atoms with E-state index in [1.165, 1.54) is 24.7 Å². The molecule has 5 nitrogen and oxygen atoms in total. The molecule has 0 saturated heterocycles. The Labute approximate surface area is 88.4 Å². The number of ether oxygens (including phenoxy) is 2. The number of carbonyl (C=O) groups is 1. The quantitative estimate of drug-likeness (QED) is 0.547. The third-order valence-electron chi connectivity index (χ3n) is 1.70. The average Bonchev–Trinajstić information content (AvgIpc) is 2.16. The number of nitrogens with two attached hydrogens (primary N) is 1. The predicted octanol–water partition coefficient (Wildman–Crippen LogP) is 1.01. The summed E-state index contributed by atoms with van der Waals surface area (Å²) < 4.78 is 9.97. The average molecular weight is 213 g/mol. The molecule has 0 unspecified atom stereocenters. The Balaban J connectivity index is 2.83. The van der Waals surface area contributed by atoms with Crippen LogP contribution in [0.15, 0.2) is 24.7 Å². The van der Waals surface area contributed by atoms with Crippen LogP contribution in [0.4, 0.5) is 0 Å². The summed E-state index contributed by atoms with van der Waals surface area (Å²) >= 11 is 0. The highest BCUT2D eigenvalue weighted by Gasteiger charge is 2.40. The fourth-order valence-corrected chi connectivity index (χ4v) is 1.00. The van der Waals surface area contributed by atoms with Gasteiger partial charge in [-0.2, -0.15) is 0 Å². The molecule has 0 amide bonds. The first kappa shape index (κ1) is 11.7. The maximum Gasteiger partial charge on any atom is 0.349 e. The lowest BCUT2D eigenvalue weighted by Gasteiger charge is -2.28. The van der Waals surface area contributed by atoms with Crippen molar-refractivity contribution >= 4 is 5.97 Å². The molecule has 0 fully saturated rings. The molecular weight excluding hydrogens is 198 g/mol. The number of hydrogen-bond acceptors (Lipinski definition) is 5. The predicted molar refractivity (Wildman–Crippen MR) is 53.2 cm³/mol. The molecular formula is C10H15NO4. The molecule has 0 aromatic rings. The van der Waals surface area contributed by atoms with Gasteiger partial charge in [0.25, 0.3) is 0 Å². The minimum atomic E-state index is -1.38. The lowest BCUT2D eigenvalue weighted by Crippen LogP contribution is -2.45. The zero-order valence-corrected chi connectivity index (χ0v) is 9.02. The van der Waals surface area contributed by atoms with E-state index in [4.69, 9.17) is 15.4 Å². The second-order valence-electron chi connectivity index (χ2n) is 4.15. The van der Waals surface area contributed by atoms with E-state index >= 15 is 0 Å². The van der Waals surface area contributed by atoms with Crippen molar-refractivity contribution in [3.05, 3.63) is 24.7 Å². The number of rotatable bonds is 2. The van der Waals surface area contributed by atoms with Gasteiger partial charge >= 0.3 is 5.97 Å². The Morgan fingerprint density at radius 1 is 1.33 bits per heavy atom. The topological polar surface area (TPSA) is 70.8 Å². The van der Waals surface area contributed by atoms with Gasteiger partial charge in [0.15, 0.2) is 0 Å². The molecule has 1 aliphatic heterocycles. The van der Waals surface area contributed by atoms with Crippen molar-refractivity contribution < 1.29 is 19.1 Å². The summed E-state index contributed by atoms with van der Waals surface area (Å²) in [6.07, 6.45) is 5.41. The van der Waals surface area contributed by atoms with E-state index in [1.807, 2.05) is 0 Å². The van der Waals surface area contributed by atoms with Crippen LogP contribution in [-0.2, 0) is 19.1 Å². The molecule has 0 aliphatic carbocycles. The van der Waals surface area contributed by atoms with Crippen molar-refractivity contribution in [3.63, 3.8) is 0 Å². The summed E-state index contributed by atoms with van der Waals surface area (Å²) in [7, 11) is 0. The van der Waals surface area contributed by atoms with Gasteiger partial charge in [-0.05, 0) is 32.9 Å². The zero-order chi connectivity index (χ0) is 11.5. The third kappa shape index (κ3) is 2.81. The van der Waals surface area contributed by atoms with E-state index in [9.17, 15) is 4.79 Å². The summed E-state index contributed by atoms with van der Waals surface area (Å²) in [6.45, 7) is 5.30. The van der Waals surface area contributed by atoms with Crippen molar-refractivity contribution in [1.82, 2.24) is 0 Å². The van der Waals surface area contributed by atoms with Crippen LogP contribution in [0.2, 0.25) is 0 Å². The summed E-state index contributed by atoms with van der Waals surface area (Å²) in [6, 6.07) is 0. The normalized spacial score (nSPS) is 18.4. The van der Waals surface area contributed by atoms with E-state index in [0.717, 1.165) is 0 Å². The van der Waals surface area contributed by atoms with E-state index < -0.39 is 17.2 Å². The largest absolute Gasteiger partial charge is 0.473 e. The maximum absolute atomic E-state index is 11.8. The number of esters is 1. The Bertz CT molecular complexity index is 289. The first-order valence-corrected chi connectivity index (χ1v) is 4.52. The standard InChI is InChI=1S/C10H15NO4/c1-9(2,3)14-8(12)10(15-11)4-6-13-7-5-10/h4-7H,11H2,1-3H3. The van der Waals surface area contributed by atoms with Gasteiger partial charge in [0, 0.05) is 0 Å². The summed E-state index contributed by atoms with van der Waals surface area (Å²) in [5, 5.41) is 0. The van der Waals surface area contributed by atoms with E-state index in [1.54, 1.807) is 20.8 Å². The first-order valence-electron chi connectivity index (χ1n) is 4.52. The molecule has 5 heteroatoms. The molecule has 2 N–H and O–H groups in total. The highest BCUT2D eigenvalue weighted by molar-refractivity contribution is 5.85. The highest BCUT2D eigenvalue weighted by atomic mass is 16.7. The highest BCUT2D eigenvalue weighted by Crippen LogP contribution is 2.22. The Kier molecular flexibility index (Phi) is 3.16. The van der Waals surface area contributed by atoms with Gasteiger partial charge in [0.2, 0.25) is 5.60 Å². The molecule has 0 saturated carbocycles. The molecule has 0 aromatic heterocycles. The summed E-state index contributed by atoms with van der Waals surface area (Å²) in [5.74, 6) is 4.52. The lowest BCUT2D eigenvalue weighted by molar-refractivity contribution is -0.173. The van der Waals surface area contributed by atoms with Crippen LogP contribution in [0.1, 0.15) is 20.8 Å². The van der Waals surface area contributed by atoms with E-state index in [-0.39, 0.29) is 0 Å². The van der Waals surface area contributed by atoms with E-state index in [0.29, 0.717) is 0 Å². The molecule has 0 bridgehead atoms. The molecule has 1 rings (SSSR count). The van der Waals surface area contributed by atoms with Gasteiger partial charge in [-0.15, -0.1) is 0 Å². The fraction of sp³-hybridized carbons (Fsp3) is 0.500. The molecule has 15 heavy (non-hydrogen) atoms. The zero-order valence-electron chi connectivity index (χ0n) is 9.02. The number of carbonyl (C=O) groups excluding carboxylic acids is 1. The Hall–Kier alpha value is -1.33. The van der Waals surface area contributed by atoms with Gasteiger partial charge in [-0.1, -0.05) is 0 Å². The van der Waals surface area contributed by atoms with Crippen LogP contribution >= 0.6 is 0 Å². The van der Waals surface area contributed by atoms with Gasteiger partial charge < -0.3 is 9.47 Å². The molecule has 84 valence electrons. The first-order chi connectivity index (χ1) is 6.90. The number of hydrogen-bond donors (Lipinski definition) is 1. The molecule has 0 spiro atoms. The van der Waals surface area contributed by atoms with Crippen LogP contribution < -0.4 is 5.90 Å². The van der Waals surface area contributed by atoms with Crippen LogP contribution in [0.25, 0.3) is 0 Å². The Morgan fingerprint density at radius 2 is 1.87 bits per heavy atom. The van der Waals surface area contributed by atoms with Crippen LogP contribution in [0.5, 0.6) is 0 Å². The second-order valence-corrected chi connectivity index (χ2v) is 4.15. The summed E-state index contributed by atoms with van der Waals surface area (Å²) in [4.78, 5) is 16.4. The van der Waals surface area contributed by atoms with Crippen LogP contribution in [0, 0.1) is 0 Å². The smallest absolute Gasteiger partial charge is 0.349 e. The molecule has 1 heterocycles. The minimum absolute atomic E-state index is 0.576.